The smallest absolute Gasteiger partial charge is 0.243 e. The van der Waals surface area contributed by atoms with E-state index in [1.54, 1.807) is 0 Å². The summed E-state index contributed by atoms with van der Waals surface area (Å²) in [5, 5.41) is 2.91. The number of likely N-dealkylation sites (N-methyl/N-ethyl adjacent to an activating group) is 1. The number of nitrogens with one attached hydrogen (secondary N) is 1. The predicted octanol–water partition coefficient (Wildman–Crippen LogP) is 2.97. The van der Waals surface area contributed by atoms with Crippen LogP contribution in [0, 0.1) is 5.82 Å². The van der Waals surface area contributed by atoms with Gasteiger partial charge in [0.05, 0.1) is 12.8 Å². The number of amides is 2. The number of benzene rings is 3. The molecule has 0 aliphatic heterocycles. The molecule has 36 heavy (non-hydrogen) atoms. The number of halogens is 1. The zero-order valence-corrected chi connectivity index (χ0v) is 21.1. The van der Waals surface area contributed by atoms with E-state index in [2.05, 4.69) is 5.32 Å². The Balaban J connectivity index is 1.94. The Labute approximate surface area is 211 Å². The van der Waals surface area contributed by atoms with E-state index in [0.29, 0.717) is 5.56 Å². The van der Waals surface area contributed by atoms with Crippen LogP contribution in [0.1, 0.15) is 16.7 Å². The van der Waals surface area contributed by atoms with Gasteiger partial charge in [-0.05, 0) is 28.8 Å². The maximum atomic E-state index is 13.5. The summed E-state index contributed by atoms with van der Waals surface area (Å²) in [6.07, 6.45) is 1.23. The van der Waals surface area contributed by atoms with Crippen molar-refractivity contribution in [2.24, 2.45) is 0 Å². The van der Waals surface area contributed by atoms with Crippen LogP contribution in [0.15, 0.2) is 84.9 Å². The van der Waals surface area contributed by atoms with Crippen LogP contribution < -0.4 is 5.32 Å². The molecule has 0 saturated heterocycles. The highest BCUT2D eigenvalue weighted by Gasteiger charge is 2.31. The van der Waals surface area contributed by atoms with Gasteiger partial charge in [0.25, 0.3) is 0 Å². The van der Waals surface area contributed by atoms with E-state index in [4.69, 9.17) is 0 Å². The summed E-state index contributed by atoms with van der Waals surface area (Å²) < 4.78 is 38.4. The fourth-order valence-electron chi connectivity index (χ4n) is 3.64. The van der Waals surface area contributed by atoms with Crippen molar-refractivity contribution >= 4 is 21.8 Å². The number of hydrogen-bond acceptors (Lipinski definition) is 4. The van der Waals surface area contributed by atoms with E-state index in [-0.39, 0.29) is 25.4 Å². The fourth-order valence-corrected chi connectivity index (χ4v) is 3.99. The summed E-state index contributed by atoms with van der Waals surface area (Å²) in [6.45, 7) is -0.156. The van der Waals surface area contributed by atoms with Crippen LogP contribution in [0.5, 0.6) is 0 Å². The zero-order chi connectivity index (χ0) is 26.1. The molecule has 0 bridgehead atoms. The van der Waals surface area contributed by atoms with E-state index < -0.39 is 34.3 Å². The lowest BCUT2D eigenvalue weighted by molar-refractivity contribution is -0.141. The molecule has 0 radical (unpaired) electrons. The quantitative estimate of drug-likeness (QED) is 0.429. The van der Waals surface area contributed by atoms with Crippen molar-refractivity contribution in [2.45, 2.75) is 25.6 Å². The molecular formula is C27H30FN3O4S. The van der Waals surface area contributed by atoms with Crippen LogP contribution >= 0.6 is 0 Å². The minimum Gasteiger partial charge on any atom is -0.350 e. The second-order valence-corrected chi connectivity index (χ2v) is 10.7. The number of rotatable bonds is 11. The van der Waals surface area contributed by atoms with Gasteiger partial charge in [-0.3, -0.25) is 9.59 Å². The van der Waals surface area contributed by atoms with Gasteiger partial charge in [-0.1, -0.05) is 72.8 Å². The fraction of sp³-hybridized carbons (Fsp3) is 0.259. The molecule has 1 unspecified atom stereocenters. The first kappa shape index (κ1) is 27.0. The maximum absolute atomic E-state index is 13.5. The van der Waals surface area contributed by atoms with Gasteiger partial charge in [-0.15, -0.1) is 0 Å². The molecule has 3 aromatic rings. The molecule has 0 fully saturated rings. The second kappa shape index (κ2) is 12.4. The minimum atomic E-state index is -3.63. The Hall–Kier alpha value is -3.56. The summed E-state index contributed by atoms with van der Waals surface area (Å²) in [5.41, 5.74) is 2.35. The largest absolute Gasteiger partial charge is 0.350 e. The van der Waals surface area contributed by atoms with Crippen LogP contribution in [0.25, 0.3) is 0 Å². The first-order valence-corrected chi connectivity index (χ1v) is 13.3. The normalized spacial score (nSPS) is 12.2. The molecule has 0 heterocycles. The Morgan fingerprint density at radius 1 is 0.861 bits per heavy atom. The van der Waals surface area contributed by atoms with Crippen molar-refractivity contribution < 1.29 is 22.4 Å². The number of nitrogens with zero attached hydrogens (tertiary/aromatic N) is 2. The van der Waals surface area contributed by atoms with Crippen molar-refractivity contribution in [3.05, 3.63) is 107 Å². The van der Waals surface area contributed by atoms with Crippen LogP contribution in [-0.4, -0.2) is 55.3 Å². The van der Waals surface area contributed by atoms with Crippen LogP contribution in [0.4, 0.5) is 4.39 Å². The van der Waals surface area contributed by atoms with Crippen molar-refractivity contribution in [2.75, 3.05) is 19.8 Å². The molecule has 190 valence electrons. The molecule has 0 aliphatic rings. The van der Waals surface area contributed by atoms with Gasteiger partial charge < -0.3 is 10.2 Å². The average Bonchev–Trinajstić information content (AvgIpc) is 2.86. The zero-order valence-electron chi connectivity index (χ0n) is 20.3. The molecule has 9 heteroatoms. The summed E-state index contributed by atoms with van der Waals surface area (Å²) in [5.74, 6) is -1.34. The van der Waals surface area contributed by atoms with Crippen molar-refractivity contribution in [3.63, 3.8) is 0 Å². The van der Waals surface area contributed by atoms with Crippen molar-refractivity contribution in [3.8, 4) is 0 Å². The molecule has 0 saturated carbocycles. The van der Waals surface area contributed by atoms with Crippen LogP contribution in [0.2, 0.25) is 0 Å². The lowest BCUT2D eigenvalue weighted by Gasteiger charge is -2.32. The SMILES string of the molecule is CN(CC(=O)N(Cc1ccc(F)cc1)C(Cc1ccccc1)C(=O)NCc1ccccc1)S(C)(=O)=O. The predicted molar refractivity (Wildman–Crippen MR) is 137 cm³/mol. The molecule has 0 aromatic heterocycles. The van der Waals surface area contributed by atoms with Crippen LogP contribution in [-0.2, 0) is 39.1 Å². The highest BCUT2D eigenvalue weighted by molar-refractivity contribution is 7.88. The maximum Gasteiger partial charge on any atom is 0.243 e. The van der Waals surface area contributed by atoms with Gasteiger partial charge in [-0.2, -0.15) is 4.31 Å². The first-order chi connectivity index (χ1) is 17.1. The van der Waals surface area contributed by atoms with Gasteiger partial charge in [0.2, 0.25) is 21.8 Å². The molecular weight excluding hydrogens is 481 g/mol. The molecule has 0 spiro atoms. The number of sulfonamides is 1. The van der Waals surface area contributed by atoms with Crippen molar-refractivity contribution in [1.82, 2.24) is 14.5 Å². The first-order valence-electron chi connectivity index (χ1n) is 11.4. The highest BCUT2D eigenvalue weighted by Crippen LogP contribution is 2.16. The van der Waals surface area contributed by atoms with Gasteiger partial charge in [0.1, 0.15) is 11.9 Å². The third kappa shape index (κ3) is 8.00. The molecule has 0 aliphatic carbocycles. The summed E-state index contributed by atoms with van der Waals surface area (Å²) >= 11 is 0. The van der Waals surface area contributed by atoms with E-state index >= 15 is 0 Å². The standard InChI is InChI=1S/C27H30FN3O4S/c1-30(36(2,34)35)20-26(32)31(19-23-13-15-24(28)16-14-23)25(17-21-9-5-3-6-10-21)27(33)29-18-22-11-7-4-8-12-22/h3-16,25H,17-20H2,1-2H3,(H,29,33). The lowest BCUT2D eigenvalue weighted by atomic mass is 10.0. The summed E-state index contributed by atoms with van der Waals surface area (Å²) in [4.78, 5) is 28.3. The Morgan fingerprint density at radius 2 is 1.42 bits per heavy atom. The average molecular weight is 512 g/mol. The van der Waals surface area contributed by atoms with E-state index in [1.807, 2.05) is 60.7 Å². The number of hydrogen-bond donors (Lipinski definition) is 1. The van der Waals surface area contributed by atoms with Gasteiger partial charge in [0, 0.05) is 26.6 Å². The van der Waals surface area contributed by atoms with Gasteiger partial charge in [0.15, 0.2) is 0 Å². The summed E-state index contributed by atoms with van der Waals surface area (Å²) in [6, 6.07) is 23.4. The molecule has 3 rings (SSSR count). The van der Waals surface area contributed by atoms with Crippen molar-refractivity contribution in [1.29, 1.82) is 0 Å². The topological polar surface area (TPSA) is 86.8 Å². The summed E-state index contributed by atoms with van der Waals surface area (Å²) in [7, 11) is -2.31. The Bertz CT molecular complexity index is 1250. The van der Waals surface area contributed by atoms with E-state index in [1.165, 1.54) is 36.2 Å². The second-order valence-electron chi connectivity index (χ2n) is 8.58. The van der Waals surface area contributed by atoms with E-state index in [9.17, 15) is 22.4 Å². The molecule has 1 atom stereocenters. The van der Waals surface area contributed by atoms with E-state index in [0.717, 1.165) is 21.7 Å². The number of carbonyl (C=O) groups excluding carboxylic acids is 2. The Kier molecular flexibility index (Phi) is 9.32. The van der Waals surface area contributed by atoms with Gasteiger partial charge in [-0.25, -0.2) is 12.8 Å². The molecule has 7 nitrogen and oxygen atoms in total. The third-order valence-corrected chi connectivity index (χ3v) is 7.03. The lowest BCUT2D eigenvalue weighted by Crippen LogP contribution is -2.52. The molecule has 3 aromatic carbocycles. The Morgan fingerprint density at radius 3 is 1.97 bits per heavy atom. The monoisotopic (exact) mass is 511 g/mol. The third-order valence-electron chi connectivity index (χ3n) is 5.77. The highest BCUT2D eigenvalue weighted by atomic mass is 32.2. The number of carbonyl (C=O) groups is 2. The van der Waals surface area contributed by atoms with Gasteiger partial charge >= 0.3 is 0 Å². The molecule has 2 amide bonds. The van der Waals surface area contributed by atoms with Crippen LogP contribution in [0.3, 0.4) is 0 Å². The molecule has 1 N–H and O–H groups in total. The minimum absolute atomic E-state index is 0.00692.